The molecule has 74 valence electrons. The van der Waals surface area contributed by atoms with Crippen LogP contribution in [0.1, 0.15) is 30.4 Å². The summed E-state index contributed by atoms with van der Waals surface area (Å²) >= 11 is 0. The van der Waals surface area contributed by atoms with Gasteiger partial charge in [-0.1, -0.05) is 13.0 Å². The minimum absolute atomic E-state index is 0.0841. The average molecular weight is 190 g/mol. The molecule has 0 heterocycles. The molecule has 2 unspecified atom stereocenters. The molecule has 1 aromatic rings. The van der Waals surface area contributed by atoms with Gasteiger partial charge in [-0.25, -0.2) is 0 Å². The van der Waals surface area contributed by atoms with Crippen LogP contribution in [0, 0.1) is 5.92 Å². The van der Waals surface area contributed by atoms with Gasteiger partial charge in [-0.2, -0.15) is 0 Å². The van der Waals surface area contributed by atoms with Gasteiger partial charge in [0.15, 0.2) is 0 Å². The van der Waals surface area contributed by atoms with E-state index in [-0.39, 0.29) is 5.92 Å². The van der Waals surface area contributed by atoms with Crippen LogP contribution in [0.2, 0.25) is 0 Å². The molecule has 1 aliphatic rings. The van der Waals surface area contributed by atoms with Gasteiger partial charge in [0.2, 0.25) is 0 Å². The number of phenols is 1. The quantitative estimate of drug-likeness (QED) is 0.726. The van der Waals surface area contributed by atoms with E-state index >= 15 is 0 Å². The fourth-order valence-electron chi connectivity index (χ4n) is 2.28. The van der Waals surface area contributed by atoms with Gasteiger partial charge >= 0.3 is 0 Å². The smallest absolute Gasteiger partial charge is 0.123 e. The van der Waals surface area contributed by atoms with E-state index in [4.69, 9.17) is 0 Å². The number of hydrogen-bond acceptors (Lipinski definition) is 2. The summed E-state index contributed by atoms with van der Waals surface area (Å²) in [6.07, 6.45) is 3.03. The van der Waals surface area contributed by atoms with Gasteiger partial charge in [0.05, 0.1) is 0 Å². The standard InChI is InChI=1S/C12H14O2/c1-8(7-13)11-4-2-9-6-10(14)3-5-12(9)11/h3,5-8,11,14H,2,4H2,1H3. The van der Waals surface area contributed by atoms with Gasteiger partial charge < -0.3 is 9.90 Å². The third-order valence-corrected chi connectivity index (χ3v) is 3.10. The first-order valence-corrected chi connectivity index (χ1v) is 4.99. The van der Waals surface area contributed by atoms with Crippen LogP contribution in [0.15, 0.2) is 18.2 Å². The van der Waals surface area contributed by atoms with Crippen molar-refractivity contribution in [2.75, 3.05) is 0 Å². The predicted molar refractivity (Wildman–Crippen MR) is 54.4 cm³/mol. The van der Waals surface area contributed by atoms with Gasteiger partial charge in [-0.05, 0) is 42.0 Å². The Kier molecular flexibility index (Phi) is 2.28. The molecule has 14 heavy (non-hydrogen) atoms. The molecule has 1 aromatic carbocycles. The molecular weight excluding hydrogens is 176 g/mol. The lowest BCUT2D eigenvalue weighted by Crippen LogP contribution is -2.07. The largest absolute Gasteiger partial charge is 0.508 e. The van der Waals surface area contributed by atoms with E-state index in [1.165, 1.54) is 11.1 Å². The molecule has 0 amide bonds. The van der Waals surface area contributed by atoms with Crippen molar-refractivity contribution >= 4 is 6.29 Å². The number of benzene rings is 1. The number of rotatable bonds is 2. The second-order valence-corrected chi connectivity index (χ2v) is 4.02. The Bertz CT molecular complexity index is 357. The maximum atomic E-state index is 10.7. The van der Waals surface area contributed by atoms with Crippen LogP contribution >= 0.6 is 0 Å². The van der Waals surface area contributed by atoms with Gasteiger partial charge in [0, 0.05) is 5.92 Å². The number of aldehydes is 1. The van der Waals surface area contributed by atoms with Crippen LogP contribution in [0.4, 0.5) is 0 Å². The van der Waals surface area contributed by atoms with E-state index in [1.807, 2.05) is 19.1 Å². The van der Waals surface area contributed by atoms with Crippen molar-refractivity contribution in [3.05, 3.63) is 29.3 Å². The number of fused-ring (bicyclic) bond motifs is 1. The fraction of sp³-hybridized carbons (Fsp3) is 0.417. The van der Waals surface area contributed by atoms with Crippen molar-refractivity contribution < 1.29 is 9.90 Å². The molecule has 0 saturated carbocycles. The van der Waals surface area contributed by atoms with E-state index in [2.05, 4.69) is 0 Å². The molecule has 0 radical (unpaired) electrons. The van der Waals surface area contributed by atoms with Crippen molar-refractivity contribution in [3.63, 3.8) is 0 Å². The number of carbonyl (C=O) groups is 1. The van der Waals surface area contributed by atoms with Crippen molar-refractivity contribution in [3.8, 4) is 5.75 Å². The summed E-state index contributed by atoms with van der Waals surface area (Å²) in [5.41, 5.74) is 2.44. The molecule has 2 atom stereocenters. The fourth-order valence-corrected chi connectivity index (χ4v) is 2.28. The zero-order chi connectivity index (χ0) is 10.1. The Morgan fingerprint density at radius 1 is 1.57 bits per heavy atom. The highest BCUT2D eigenvalue weighted by Crippen LogP contribution is 2.38. The lowest BCUT2D eigenvalue weighted by Gasteiger charge is -2.14. The number of carbonyl (C=O) groups excluding carboxylic acids is 1. The molecule has 0 saturated heterocycles. The lowest BCUT2D eigenvalue weighted by molar-refractivity contribution is -0.111. The number of aromatic hydroxyl groups is 1. The zero-order valence-corrected chi connectivity index (χ0v) is 8.23. The van der Waals surface area contributed by atoms with Crippen molar-refractivity contribution in [1.29, 1.82) is 0 Å². The number of hydrogen-bond donors (Lipinski definition) is 1. The summed E-state index contributed by atoms with van der Waals surface area (Å²) in [6.45, 7) is 1.96. The summed E-state index contributed by atoms with van der Waals surface area (Å²) in [5, 5.41) is 9.31. The minimum atomic E-state index is 0.0841. The summed E-state index contributed by atoms with van der Waals surface area (Å²) in [6, 6.07) is 5.46. The van der Waals surface area contributed by atoms with Crippen molar-refractivity contribution in [1.82, 2.24) is 0 Å². The number of phenolic OH excluding ortho intramolecular Hbond substituents is 1. The second kappa shape index (κ2) is 3.45. The Hall–Kier alpha value is -1.31. The Labute approximate surface area is 83.6 Å². The maximum absolute atomic E-state index is 10.7. The Balaban J connectivity index is 2.35. The topological polar surface area (TPSA) is 37.3 Å². The van der Waals surface area contributed by atoms with Gasteiger partial charge in [0.1, 0.15) is 12.0 Å². The molecule has 1 N–H and O–H groups in total. The normalized spacial score (nSPS) is 21.6. The van der Waals surface area contributed by atoms with Gasteiger partial charge in [-0.15, -0.1) is 0 Å². The molecule has 2 nitrogen and oxygen atoms in total. The zero-order valence-electron chi connectivity index (χ0n) is 8.23. The average Bonchev–Trinajstić information content (AvgIpc) is 2.59. The number of aryl methyl sites for hydroxylation is 1. The molecule has 2 rings (SSSR count). The predicted octanol–water partition coefficient (Wildman–Crippen LogP) is 2.26. The highest BCUT2D eigenvalue weighted by atomic mass is 16.3. The first-order valence-electron chi connectivity index (χ1n) is 4.99. The molecule has 0 aliphatic heterocycles. The third-order valence-electron chi connectivity index (χ3n) is 3.10. The second-order valence-electron chi connectivity index (χ2n) is 4.02. The summed E-state index contributed by atoms with van der Waals surface area (Å²) < 4.78 is 0. The van der Waals surface area contributed by atoms with E-state index in [0.717, 1.165) is 19.1 Å². The first kappa shape index (κ1) is 9.25. The van der Waals surface area contributed by atoms with Gasteiger partial charge in [0.25, 0.3) is 0 Å². The monoisotopic (exact) mass is 190 g/mol. The lowest BCUT2D eigenvalue weighted by atomic mass is 9.90. The summed E-state index contributed by atoms with van der Waals surface area (Å²) in [4.78, 5) is 10.7. The van der Waals surface area contributed by atoms with Crippen LogP contribution in [-0.4, -0.2) is 11.4 Å². The summed E-state index contributed by atoms with van der Waals surface area (Å²) in [5.74, 6) is 0.757. The molecule has 0 spiro atoms. The first-order chi connectivity index (χ1) is 6.72. The highest BCUT2D eigenvalue weighted by Gasteiger charge is 2.26. The van der Waals surface area contributed by atoms with Crippen LogP contribution in [-0.2, 0) is 11.2 Å². The van der Waals surface area contributed by atoms with Crippen molar-refractivity contribution in [2.24, 2.45) is 5.92 Å². The van der Waals surface area contributed by atoms with Crippen LogP contribution in [0.5, 0.6) is 5.75 Å². The van der Waals surface area contributed by atoms with Crippen LogP contribution in [0.3, 0.4) is 0 Å². The van der Waals surface area contributed by atoms with Crippen molar-refractivity contribution in [2.45, 2.75) is 25.7 Å². The van der Waals surface area contributed by atoms with E-state index in [9.17, 15) is 9.90 Å². The molecule has 1 aliphatic carbocycles. The molecule has 0 bridgehead atoms. The van der Waals surface area contributed by atoms with Gasteiger partial charge in [-0.3, -0.25) is 0 Å². The molecule has 0 aromatic heterocycles. The summed E-state index contributed by atoms with van der Waals surface area (Å²) in [7, 11) is 0. The highest BCUT2D eigenvalue weighted by molar-refractivity contribution is 5.57. The maximum Gasteiger partial charge on any atom is 0.123 e. The van der Waals surface area contributed by atoms with Crippen LogP contribution in [0.25, 0.3) is 0 Å². The van der Waals surface area contributed by atoms with E-state index in [1.54, 1.807) is 6.07 Å². The molecule has 0 fully saturated rings. The Morgan fingerprint density at radius 2 is 2.36 bits per heavy atom. The van der Waals surface area contributed by atoms with E-state index in [0.29, 0.717) is 11.7 Å². The van der Waals surface area contributed by atoms with Crippen LogP contribution < -0.4 is 0 Å². The van der Waals surface area contributed by atoms with E-state index < -0.39 is 0 Å². The Morgan fingerprint density at radius 3 is 3.07 bits per heavy atom. The molecule has 2 heteroatoms. The molecular formula is C12H14O2. The third kappa shape index (κ3) is 1.41. The minimum Gasteiger partial charge on any atom is -0.508 e. The SMILES string of the molecule is CC(C=O)C1CCc2cc(O)ccc21.